The normalized spacial score (nSPS) is 23.4. The van der Waals surface area contributed by atoms with E-state index in [4.69, 9.17) is 11.5 Å². The number of nitrogens with two attached hydrogens (primary N) is 2. The molecule has 0 spiro atoms. The Kier molecular flexibility index (Phi) is 16.1. The number of para-hydroxylation sites is 1. The van der Waals surface area contributed by atoms with Gasteiger partial charge in [-0.3, -0.25) is 38.6 Å². The number of nitrogens with zero attached hydrogens (tertiary/aromatic N) is 2. The lowest BCUT2D eigenvalue weighted by Crippen LogP contribution is -2.62. The molecule has 1 aromatic heterocycles. The number of aromatic nitrogens is 1. The molecule has 11 N–H and O–H groups in total. The van der Waals surface area contributed by atoms with Crippen LogP contribution in [0.4, 0.5) is 0 Å². The van der Waals surface area contributed by atoms with Gasteiger partial charge in [0.2, 0.25) is 41.4 Å². The van der Waals surface area contributed by atoms with Crippen LogP contribution in [0.15, 0.2) is 65.8 Å². The number of carbonyl (C=O) groups excluding carboxylic acids is 7. The number of aromatic amines is 1. The van der Waals surface area contributed by atoms with Crippen molar-refractivity contribution in [2.75, 3.05) is 19.6 Å². The van der Waals surface area contributed by atoms with E-state index in [0.717, 1.165) is 54.1 Å². The number of H-pyrrole nitrogens is 1. The van der Waals surface area contributed by atoms with Crippen molar-refractivity contribution in [2.45, 2.75) is 120 Å². The summed E-state index contributed by atoms with van der Waals surface area (Å²) in [5.41, 5.74) is 13.5. The minimum absolute atomic E-state index is 0.0610. The molecular weight excluding hydrogens is 807 g/mol. The van der Waals surface area contributed by atoms with E-state index in [1.165, 1.54) is 11.8 Å². The predicted octanol–water partition coefficient (Wildman–Crippen LogP) is 0.542. The van der Waals surface area contributed by atoms with Crippen LogP contribution in [-0.4, -0.2) is 113 Å². The molecule has 3 aromatic rings. The van der Waals surface area contributed by atoms with Gasteiger partial charge in [-0.15, -0.1) is 0 Å². The number of fused-ring (bicyclic) bond motifs is 2. The summed E-state index contributed by atoms with van der Waals surface area (Å²) in [6.45, 7) is 1.21. The molecule has 18 heteroatoms. The maximum Gasteiger partial charge on any atom is 0.247 e. The van der Waals surface area contributed by atoms with Crippen molar-refractivity contribution in [3.63, 3.8) is 0 Å². The first-order valence-electron chi connectivity index (χ1n) is 22.1. The second-order valence-electron chi connectivity index (χ2n) is 16.9. The minimum atomic E-state index is -1.39. The number of amides is 7. The standard InChI is InChI=1S/C45H61N11O7/c1-27(57)51-34(22-28-12-4-2-5-13-28)40(59)55-37-26-50-39(58)33(18-10-20-48-45(46)47)52-42(61)36(24-30-25-49-32-17-9-8-16-31(30)32)53-41(60)35(23-29-14-6-3-7-15-29)54-43(62)38-19-11-21-56(38)44(37)63/h2,4-5,8-9,12-13,16-17,25,29,33-38,49H,3,6-7,10-11,14-15,18-24,26H2,1H3,(H,50,58)(H,51,57)(H,52,61)(H,53,60)(H,54,62)(H,55,59)(H4,46,47,48)/t33-,34-,35+,36-,37-,38-/m0/s1. The monoisotopic (exact) mass is 867 g/mol. The van der Waals surface area contributed by atoms with E-state index in [1.54, 1.807) is 18.3 Å². The average Bonchev–Trinajstić information content (AvgIpc) is 3.93. The maximum atomic E-state index is 14.6. The van der Waals surface area contributed by atoms with Gasteiger partial charge in [0.05, 0.1) is 0 Å². The zero-order valence-corrected chi connectivity index (χ0v) is 35.8. The average molecular weight is 868 g/mol. The molecule has 3 fully saturated rings. The van der Waals surface area contributed by atoms with E-state index >= 15 is 0 Å². The van der Waals surface area contributed by atoms with Crippen LogP contribution in [-0.2, 0) is 46.4 Å². The Morgan fingerprint density at radius 1 is 0.825 bits per heavy atom. The van der Waals surface area contributed by atoms with Crippen LogP contribution >= 0.6 is 0 Å². The first-order valence-corrected chi connectivity index (χ1v) is 22.1. The van der Waals surface area contributed by atoms with Crippen molar-refractivity contribution in [3.8, 4) is 0 Å². The van der Waals surface area contributed by atoms with Gasteiger partial charge in [0.25, 0.3) is 0 Å². The summed E-state index contributed by atoms with van der Waals surface area (Å²) in [4.78, 5) is 107. The Hall–Kier alpha value is -6.46. The van der Waals surface area contributed by atoms with Crippen molar-refractivity contribution in [2.24, 2.45) is 22.4 Å². The molecular formula is C45H61N11O7. The predicted molar refractivity (Wildman–Crippen MR) is 236 cm³/mol. The molecule has 3 heterocycles. The molecule has 3 aliphatic rings. The van der Waals surface area contributed by atoms with Crippen LogP contribution in [0.5, 0.6) is 0 Å². The lowest BCUT2D eigenvalue weighted by atomic mass is 9.84. The molecule has 0 unspecified atom stereocenters. The molecule has 2 saturated heterocycles. The number of hydrogen-bond donors (Lipinski definition) is 9. The molecule has 1 aliphatic carbocycles. The van der Waals surface area contributed by atoms with Gasteiger partial charge in [0.1, 0.15) is 36.3 Å². The summed E-state index contributed by atoms with van der Waals surface area (Å²) in [7, 11) is 0. The zero-order valence-electron chi connectivity index (χ0n) is 35.8. The van der Waals surface area contributed by atoms with Crippen molar-refractivity contribution in [1.29, 1.82) is 0 Å². The van der Waals surface area contributed by atoms with Crippen LogP contribution in [0.1, 0.15) is 82.3 Å². The van der Waals surface area contributed by atoms with Crippen molar-refractivity contribution < 1.29 is 33.6 Å². The van der Waals surface area contributed by atoms with Crippen molar-refractivity contribution in [1.82, 2.24) is 41.8 Å². The topological polar surface area (TPSA) is 275 Å². The SMILES string of the molecule is CC(=O)N[C@@H](Cc1ccccc1)C(=O)N[C@H]1CNC(=O)[C@H](CCCN=C(N)N)NC(=O)[C@H](Cc2c[nH]c3ccccc23)NC(=O)[C@@H](CC2CCCCC2)NC(=O)[C@@H]2CCCN2C1=O. The fourth-order valence-electron chi connectivity index (χ4n) is 8.91. The first kappa shape index (κ1) is 46.1. The highest BCUT2D eigenvalue weighted by Gasteiger charge is 2.41. The molecule has 63 heavy (non-hydrogen) atoms. The van der Waals surface area contributed by atoms with Gasteiger partial charge in [0.15, 0.2) is 5.96 Å². The Bertz CT molecular complexity index is 2130. The Morgan fingerprint density at radius 2 is 1.52 bits per heavy atom. The summed E-state index contributed by atoms with van der Waals surface area (Å²) < 4.78 is 0. The van der Waals surface area contributed by atoms with E-state index in [0.29, 0.717) is 19.3 Å². The Balaban J connectivity index is 1.35. The van der Waals surface area contributed by atoms with Crippen LogP contribution in [0.3, 0.4) is 0 Å². The molecule has 2 aliphatic heterocycles. The zero-order chi connectivity index (χ0) is 44.9. The number of hydrogen-bond acceptors (Lipinski definition) is 8. The highest BCUT2D eigenvalue weighted by molar-refractivity contribution is 5.98. The van der Waals surface area contributed by atoms with Gasteiger partial charge >= 0.3 is 0 Å². The third-order valence-electron chi connectivity index (χ3n) is 12.1. The van der Waals surface area contributed by atoms with Crippen LogP contribution in [0.25, 0.3) is 10.9 Å². The van der Waals surface area contributed by atoms with E-state index in [2.05, 4.69) is 41.9 Å². The summed E-state index contributed by atoms with van der Waals surface area (Å²) in [6.07, 6.45) is 8.26. The number of carbonyl (C=O) groups is 7. The summed E-state index contributed by atoms with van der Waals surface area (Å²) >= 11 is 0. The van der Waals surface area contributed by atoms with E-state index < -0.39 is 84.1 Å². The van der Waals surface area contributed by atoms with Gasteiger partial charge in [-0.05, 0) is 55.2 Å². The molecule has 7 amide bonds. The fraction of sp³-hybridized carbons (Fsp3) is 0.511. The highest BCUT2D eigenvalue weighted by atomic mass is 16.2. The van der Waals surface area contributed by atoms with Gasteiger partial charge in [-0.1, -0.05) is 80.6 Å². The first-order chi connectivity index (χ1) is 30.4. The summed E-state index contributed by atoms with van der Waals surface area (Å²) in [6, 6.07) is 9.78. The van der Waals surface area contributed by atoms with Crippen LogP contribution < -0.4 is 43.4 Å². The number of benzene rings is 2. The van der Waals surface area contributed by atoms with Crippen LogP contribution in [0.2, 0.25) is 0 Å². The van der Waals surface area contributed by atoms with Gasteiger partial charge in [-0.2, -0.15) is 0 Å². The number of guanidine groups is 1. The molecule has 6 rings (SSSR count). The summed E-state index contributed by atoms with van der Waals surface area (Å²) in [5, 5.41) is 17.8. The number of aliphatic imine (C=N–C) groups is 1. The Morgan fingerprint density at radius 3 is 2.27 bits per heavy atom. The van der Waals surface area contributed by atoms with E-state index in [1.807, 2.05) is 42.5 Å². The Labute approximate surface area is 366 Å². The maximum absolute atomic E-state index is 14.6. The molecule has 1 saturated carbocycles. The lowest BCUT2D eigenvalue weighted by molar-refractivity contribution is -0.143. The quantitative estimate of drug-likeness (QED) is 0.0658. The fourth-order valence-corrected chi connectivity index (χ4v) is 8.91. The molecule has 338 valence electrons. The van der Waals surface area contributed by atoms with Gasteiger partial charge < -0.3 is 53.3 Å². The van der Waals surface area contributed by atoms with Gasteiger partial charge in [0, 0.05) is 56.5 Å². The highest BCUT2D eigenvalue weighted by Crippen LogP contribution is 2.28. The van der Waals surface area contributed by atoms with Crippen molar-refractivity contribution >= 4 is 58.2 Å². The molecule has 0 bridgehead atoms. The smallest absolute Gasteiger partial charge is 0.247 e. The summed E-state index contributed by atoms with van der Waals surface area (Å²) in [5.74, 6) is -4.17. The number of rotatable bonds is 13. The minimum Gasteiger partial charge on any atom is -0.370 e. The third-order valence-corrected chi connectivity index (χ3v) is 12.1. The molecule has 2 aromatic carbocycles. The largest absolute Gasteiger partial charge is 0.370 e. The van der Waals surface area contributed by atoms with Crippen LogP contribution in [0, 0.1) is 5.92 Å². The van der Waals surface area contributed by atoms with E-state index in [-0.39, 0.29) is 50.7 Å². The van der Waals surface area contributed by atoms with E-state index in [9.17, 15) is 33.6 Å². The lowest BCUT2D eigenvalue weighted by Gasteiger charge is -2.33. The van der Waals surface area contributed by atoms with Crippen molar-refractivity contribution in [3.05, 3.63) is 71.9 Å². The molecule has 0 radical (unpaired) electrons. The third kappa shape index (κ3) is 12.8. The molecule has 6 atom stereocenters. The second kappa shape index (κ2) is 22.1. The second-order valence-corrected chi connectivity index (χ2v) is 16.9. The van der Waals surface area contributed by atoms with Gasteiger partial charge in [-0.25, -0.2) is 0 Å². The number of nitrogens with one attached hydrogen (secondary N) is 7. The molecule has 18 nitrogen and oxygen atoms in total.